The van der Waals surface area contributed by atoms with Crippen molar-refractivity contribution < 1.29 is 0 Å². The Morgan fingerprint density at radius 3 is 2.79 bits per heavy atom. The van der Waals surface area contributed by atoms with Crippen molar-refractivity contribution in [1.82, 2.24) is 25.0 Å². The monoisotopic (exact) mass is 355 g/mol. The van der Waals surface area contributed by atoms with Crippen LogP contribution >= 0.6 is 23.4 Å². The Kier molecular flexibility index (Phi) is 4.00. The molecule has 7 heteroatoms. The summed E-state index contributed by atoms with van der Waals surface area (Å²) >= 11 is 7.67. The minimum atomic E-state index is 0.714. The van der Waals surface area contributed by atoms with Gasteiger partial charge in [0, 0.05) is 27.9 Å². The SMILES string of the molecule is Cn1c(CSc2ccc3[nH]ncc3c2)nnc1-c1ccc(Cl)cc1. The Morgan fingerprint density at radius 2 is 1.96 bits per heavy atom. The highest BCUT2D eigenvalue weighted by molar-refractivity contribution is 7.98. The fourth-order valence-corrected chi connectivity index (χ4v) is 3.54. The first-order valence-electron chi connectivity index (χ1n) is 7.41. The minimum absolute atomic E-state index is 0.714. The van der Waals surface area contributed by atoms with E-state index in [1.165, 1.54) is 4.90 Å². The number of aromatic amines is 1. The molecule has 0 bridgehead atoms. The van der Waals surface area contributed by atoms with Gasteiger partial charge < -0.3 is 4.57 Å². The summed E-state index contributed by atoms with van der Waals surface area (Å²) in [6.45, 7) is 0. The van der Waals surface area contributed by atoms with E-state index in [1.807, 2.05) is 48.1 Å². The third-order valence-corrected chi connectivity index (χ3v) is 5.09. The minimum Gasteiger partial charge on any atom is -0.313 e. The van der Waals surface area contributed by atoms with Gasteiger partial charge in [0.25, 0.3) is 0 Å². The molecular formula is C17H14ClN5S. The van der Waals surface area contributed by atoms with Crippen LogP contribution < -0.4 is 0 Å². The molecule has 1 N–H and O–H groups in total. The first-order chi connectivity index (χ1) is 11.7. The van der Waals surface area contributed by atoms with E-state index in [9.17, 15) is 0 Å². The number of halogens is 1. The molecule has 0 aliphatic heterocycles. The number of aromatic nitrogens is 5. The van der Waals surface area contributed by atoms with E-state index in [1.54, 1.807) is 11.8 Å². The Hall–Kier alpha value is -2.31. The second kappa shape index (κ2) is 6.30. The summed E-state index contributed by atoms with van der Waals surface area (Å²) < 4.78 is 2.02. The normalized spacial score (nSPS) is 11.2. The van der Waals surface area contributed by atoms with Gasteiger partial charge in [-0.25, -0.2) is 0 Å². The van der Waals surface area contributed by atoms with E-state index in [0.29, 0.717) is 5.02 Å². The molecule has 0 amide bonds. The Labute approximate surface area is 148 Å². The molecule has 0 saturated heterocycles. The average molecular weight is 356 g/mol. The van der Waals surface area contributed by atoms with E-state index < -0.39 is 0 Å². The highest BCUT2D eigenvalue weighted by atomic mass is 35.5. The molecule has 2 aromatic carbocycles. The smallest absolute Gasteiger partial charge is 0.163 e. The van der Waals surface area contributed by atoms with Gasteiger partial charge in [-0.05, 0) is 42.5 Å². The molecule has 0 radical (unpaired) electrons. The number of H-pyrrole nitrogens is 1. The van der Waals surface area contributed by atoms with E-state index in [0.717, 1.165) is 33.9 Å². The van der Waals surface area contributed by atoms with Gasteiger partial charge in [-0.2, -0.15) is 5.10 Å². The average Bonchev–Trinajstić information content (AvgIpc) is 3.20. The third kappa shape index (κ3) is 2.90. The Bertz CT molecular complexity index is 990. The second-order valence-electron chi connectivity index (χ2n) is 5.41. The zero-order chi connectivity index (χ0) is 16.5. The topological polar surface area (TPSA) is 59.4 Å². The van der Waals surface area contributed by atoms with Crippen molar-refractivity contribution in [3.8, 4) is 11.4 Å². The largest absolute Gasteiger partial charge is 0.313 e. The molecular weight excluding hydrogens is 342 g/mol. The van der Waals surface area contributed by atoms with Crippen molar-refractivity contribution in [3.63, 3.8) is 0 Å². The Morgan fingerprint density at radius 1 is 1.12 bits per heavy atom. The molecule has 0 fully saturated rings. The lowest BCUT2D eigenvalue weighted by molar-refractivity contribution is 0.856. The highest BCUT2D eigenvalue weighted by Crippen LogP contribution is 2.27. The van der Waals surface area contributed by atoms with E-state index in [4.69, 9.17) is 11.6 Å². The van der Waals surface area contributed by atoms with Crippen LogP contribution in [0.2, 0.25) is 5.02 Å². The lowest BCUT2D eigenvalue weighted by Gasteiger charge is -2.05. The molecule has 0 aliphatic rings. The summed E-state index contributed by atoms with van der Waals surface area (Å²) in [6, 6.07) is 13.9. The fourth-order valence-electron chi connectivity index (χ4n) is 2.50. The molecule has 4 aromatic rings. The van der Waals surface area contributed by atoms with Gasteiger partial charge in [-0.1, -0.05) is 11.6 Å². The first-order valence-corrected chi connectivity index (χ1v) is 8.77. The molecule has 5 nitrogen and oxygen atoms in total. The first kappa shape index (κ1) is 15.2. The number of nitrogens with zero attached hydrogens (tertiary/aromatic N) is 4. The van der Waals surface area contributed by atoms with Crippen LogP contribution in [-0.2, 0) is 12.8 Å². The molecule has 0 atom stereocenters. The van der Waals surface area contributed by atoms with E-state index in [2.05, 4.69) is 32.5 Å². The van der Waals surface area contributed by atoms with Crippen LogP contribution in [0.15, 0.2) is 53.6 Å². The quantitative estimate of drug-likeness (QED) is 0.554. The number of benzene rings is 2. The van der Waals surface area contributed by atoms with Crippen LogP contribution in [0, 0.1) is 0 Å². The molecule has 0 unspecified atom stereocenters. The van der Waals surface area contributed by atoms with Crippen molar-refractivity contribution >= 4 is 34.3 Å². The molecule has 2 aromatic heterocycles. The van der Waals surface area contributed by atoms with Crippen LogP contribution in [0.1, 0.15) is 5.82 Å². The predicted molar refractivity (Wildman–Crippen MR) is 97.1 cm³/mol. The summed E-state index contributed by atoms with van der Waals surface area (Å²) in [5.41, 5.74) is 2.05. The van der Waals surface area contributed by atoms with E-state index >= 15 is 0 Å². The summed E-state index contributed by atoms with van der Waals surface area (Å²) in [5.74, 6) is 2.52. The maximum Gasteiger partial charge on any atom is 0.163 e. The Balaban J connectivity index is 1.53. The molecule has 4 rings (SSSR count). The van der Waals surface area contributed by atoms with Gasteiger partial charge in [-0.15, -0.1) is 22.0 Å². The number of fused-ring (bicyclic) bond motifs is 1. The van der Waals surface area contributed by atoms with Gasteiger partial charge in [-0.3, -0.25) is 5.10 Å². The molecule has 24 heavy (non-hydrogen) atoms. The fraction of sp³-hybridized carbons (Fsp3) is 0.118. The molecule has 0 aliphatic carbocycles. The van der Waals surface area contributed by atoms with Crippen LogP contribution in [0.4, 0.5) is 0 Å². The number of rotatable bonds is 4. The van der Waals surface area contributed by atoms with E-state index in [-0.39, 0.29) is 0 Å². The van der Waals surface area contributed by atoms with Crippen molar-refractivity contribution in [2.24, 2.45) is 7.05 Å². The summed E-state index contributed by atoms with van der Waals surface area (Å²) in [5, 5.41) is 17.5. The molecule has 2 heterocycles. The van der Waals surface area contributed by atoms with Gasteiger partial charge in [0.05, 0.1) is 17.5 Å². The number of nitrogens with one attached hydrogen (secondary N) is 1. The predicted octanol–water partition coefficient (Wildman–Crippen LogP) is 4.30. The maximum atomic E-state index is 5.94. The lowest BCUT2D eigenvalue weighted by Crippen LogP contribution is -1.98. The number of hydrogen-bond donors (Lipinski definition) is 1. The summed E-state index contributed by atoms with van der Waals surface area (Å²) in [7, 11) is 1.99. The zero-order valence-corrected chi connectivity index (χ0v) is 14.5. The zero-order valence-electron chi connectivity index (χ0n) is 12.9. The van der Waals surface area contributed by atoms with Crippen molar-refractivity contribution in [3.05, 3.63) is 59.5 Å². The number of thioether (sulfide) groups is 1. The van der Waals surface area contributed by atoms with Gasteiger partial charge in [0.1, 0.15) is 5.82 Å². The van der Waals surface area contributed by atoms with Gasteiger partial charge >= 0.3 is 0 Å². The van der Waals surface area contributed by atoms with Crippen LogP contribution in [-0.4, -0.2) is 25.0 Å². The van der Waals surface area contributed by atoms with Crippen molar-refractivity contribution in [2.45, 2.75) is 10.6 Å². The highest BCUT2D eigenvalue weighted by Gasteiger charge is 2.11. The van der Waals surface area contributed by atoms with Crippen LogP contribution in [0.5, 0.6) is 0 Å². The molecule has 0 saturated carbocycles. The van der Waals surface area contributed by atoms with Crippen LogP contribution in [0.3, 0.4) is 0 Å². The van der Waals surface area contributed by atoms with Gasteiger partial charge in [0.2, 0.25) is 0 Å². The number of hydrogen-bond acceptors (Lipinski definition) is 4. The van der Waals surface area contributed by atoms with Gasteiger partial charge in [0.15, 0.2) is 5.82 Å². The second-order valence-corrected chi connectivity index (χ2v) is 6.90. The third-order valence-electron chi connectivity index (χ3n) is 3.85. The van der Waals surface area contributed by atoms with Crippen LogP contribution in [0.25, 0.3) is 22.3 Å². The summed E-state index contributed by atoms with van der Waals surface area (Å²) in [6.07, 6.45) is 1.83. The maximum absolute atomic E-state index is 5.94. The lowest BCUT2D eigenvalue weighted by atomic mass is 10.2. The van der Waals surface area contributed by atoms with Crippen molar-refractivity contribution in [2.75, 3.05) is 0 Å². The summed E-state index contributed by atoms with van der Waals surface area (Å²) in [4.78, 5) is 1.18. The molecule has 120 valence electrons. The standard InChI is InChI=1S/C17H14ClN5S/c1-23-16(21-22-17(23)11-2-4-13(18)5-3-11)10-24-14-6-7-15-12(8-14)9-19-20-15/h2-9H,10H2,1H3,(H,19,20). The molecule has 0 spiro atoms. The van der Waals surface area contributed by atoms with Crippen molar-refractivity contribution in [1.29, 1.82) is 0 Å².